The molecule has 3 N–H and O–H groups in total. The van der Waals surface area contributed by atoms with Crippen LogP contribution in [0.15, 0.2) is 65.4 Å². The smallest absolute Gasteiger partial charge is 0.144 e. The number of allylic oxidation sites excluding steroid dienone is 1. The van der Waals surface area contributed by atoms with Gasteiger partial charge < -0.3 is 30.3 Å². The van der Waals surface area contributed by atoms with E-state index in [-0.39, 0.29) is 0 Å². The van der Waals surface area contributed by atoms with E-state index in [2.05, 4.69) is 67.0 Å². The number of nitrogens with zero attached hydrogens (tertiary/aromatic N) is 3. The molecule has 218 valence electrons. The molecule has 7 nitrogen and oxygen atoms in total. The molecule has 0 saturated heterocycles. The van der Waals surface area contributed by atoms with Crippen LogP contribution < -0.4 is 25.6 Å². The third-order valence-corrected chi connectivity index (χ3v) is 9.04. The van der Waals surface area contributed by atoms with Gasteiger partial charge in [-0.05, 0) is 89.3 Å². The van der Waals surface area contributed by atoms with Gasteiger partial charge in [0.05, 0.1) is 12.8 Å². The van der Waals surface area contributed by atoms with Crippen molar-refractivity contribution in [3.8, 4) is 5.75 Å². The molecule has 0 radical (unpaired) electrons. The van der Waals surface area contributed by atoms with Crippen LogP contribution in [0.4, 0.5) is 17.1 Å². The van der Waals surface area contributed by atoms with E-state index < -0.39 is 7.05 Å². The second kappa shape index (κ2) is 14.0. The predicted molar refractivity (Wildman–Crippen MR) is 177 cm³/mol. The van der Waals surface area contributed by atoms with Crippen molar-refractivity contribution in [2.24, 2.45) is 10.9 Å². The first-order valence-electron chi connectivity index (χ1n) is 14.3. The number of nitrogens with one attached hydrogen (secondary N) is 3. The molecule has 1 aliphatic rings. The lowest BCUT2D eigenvalue weighted by atomic mass is 10.1. The van der Waals surface area contributed by atoms with Crippen LogP contribution >= 0.6 is 7.05 Å². The number of methoxy groups -OCH3 is 1. The molecular formula is C32H49N6OP. The Kier molecular flexibility index (Phi) is 11.1. The minimum absolute atomic E-state index is 0.463. The molecule has 3 rings (SSSR count). The Bertz CT molecular complexity index is 1290. The van der Waals surface area contributed by atoms with Crippen molar-refractivity contribution in [2.45, 2.75) is 40.5 Å². The van der Waals surface area contributed by atoms with Gasteiger partial charge in [0, 0.05) is 54.8 Å². The van der Waals surface area contributed by atoms with Crippen LogP contribution in [-0.2, 0) is 0 Å². The zero-order valence-electron chi connectivity index (χ0n) is 25.8. The number of amidine groups is 1. The highest BCUT2D eigenvalue weighted by Crippen LogP contribution is 2.42. The van der Waals surface area contributed by atoms with Gasteiger partial charge in [-0.15, -0.1) is 0 Å². The highest BCUT2D eigenvalue weighted by molar-refractivity contribution is 7.71. The minimum atomic E-state index is -1.93. The number of ether oxygens (including phenoxy) is 1. The summed E-state index contributed by atoms with van der Waals surface area (Å²) in [4.78, 5) is 9.52. The fourth-order valence-corrected chi connectivity index (χ4v) is 6.02. The third-order valence-electron chi connectivity index (χ3n) is 7.45. The minimum Gasteiger partial charge on any atom is -0.494 e. The van der Waals surface area contributed by atoms with Crippen molar-refractivity contribution in [1.29, 1.82) is 5.16 Å². The first-order valence-corrected chi connectivity index (χ1v) is 16.9. The Balaban J connectivity index is 1.77. The Morgan fingerprint density at radius 1 is 1.12 bits per heavy atom. The van der Waals surface area contributed by atoms with Gasteiger partial charge in [-0.3, -0.25) is 0 Å². The van der Waals surface area contributed by atoms with Crippen LogP contribution in [0.1, 0.15) is 39.2 Å². The lowest BCUT2D eigenvalue weighted by molar-refractivity contribution is 0.311. The summed E-state index contributed by atoms with van der Waals surface area (Å²) in [6, 6.07) is 12.3. The average molecular weight is 565 g/mol. The molecule has 40 heavy (non-hydrogen) atoms. The van der Waals surface area contributed by atoms with Gasteiger partial charge in [-0.25, -0.2) is 4.99 Å². The van der Waals surface area contributed by atoms with Crippen LogP contribution in [-0.4, -0.2) is 64.4 Å². The van der Waals surface area contributed by atoms with Crippen molar-refractivity contribution < 1.29 is 4.74 Å². The summed E-state index contributed by atoms with van der Waals surface area (Å²) in [5, 5.41) is 16.6. The molecule has 0 spiro atoms. The first-order chi connectivity index (χ1) is 19.0. The van der Waals surface area contributed by atoms with E-state index in [1.54, 1.807) is 7.11 Å². The summed E-state index contributed by atoms with van der Waals surface area (Å²) in [7, 11) is 1.92. The second-order valence-electron chi connectivity index (χ2n) is 11.1. The highest BCUT2D eigenvalue weighted by Gasteiger charge is 2.28. The molecule has 0 heterocycles. The van der Waals surface area contributed by atoms with Crippen molar-refractivity contribution >= 4 is 35.3 Å². The number of para-hydroxylation sites is 1. The fourth-order valence-electron chi connectivity index (χ4n) is 4.83. The lowest BCUT2D eigenvalue weighted by Gasteiger charge is -2.26. The van der Waals surface area contributed by atoms with Gasteiger partial charge in [0.25, 0.3) is 0 Å². The normalized spacial score (nSPS) is 14.3. The average Bonchev–Trinajstić information content (AvgIpc) is 3.74. The monoisotopic (exact) mass is 564 g/mol. The van der Waals surface area contributed by atoms with Crippen molar-refractivity contribution in [1.82, 2.24) is 4.90 Å². The van der Waals surface area contributed by atoms with E-state index in [0.717, 1.165) is 78.6 Å². The zero-order chi connectivity index (χ0) is 29.4. The summed E-state index contributed by atoms with van der Waals surface area (Å²) in [5.41, 5.74) is 6.19. The standard InChI is InChI=1S/C32H49N6OP/c1-10-38(11-2)19-18-37(6)30-21-31(39-7)29(20-23(30)3)36-25(5)34-22-27(26-16-17-26)24(4)35-28-14-12-13-15-32(28)40(8,9)33/h12-15,20-22,26,33,35H,4,10-11,16-19H2,1-3,5-9H3,(H,34,36)/b27-22+. The van der Waals surface area contributed by atoms with Crippen LogP contribution in [0, 0.1) is 18.0 Å². The van der Waals surface area contributed by atoms with Crippen LogP contribution in [0.2, 0.25) is 0 Å². The van der Waals surface area contributed by atoms with E-state index in [1.165, 1.54) is 11.3 Å². The van der Waals surface area contributed by atoms with Crippen molar-refractivity contribution in [2.75, 3.05) is 69.2 Å². The Morgan fingerprint density at radius 3 is 2.40 bits per heavy atom. The van der Waals surface area contributed by atoms with Crippen molar-refractivity contribution in [3.63, 3.8) is 0 Å². The predicted octanol–water partition coefficient (Wildman–Crippen LogP) is 7.20. The molecule has 8 heteroatoms. The Hall–Kier alpha value is -3.02. The molecule has 0 amide bonds. The quantitative estimate of drug-likeness (QED) is 0.0980. The zero-order valence-corrected chi connectivity index (χ0v) is 26.7. The van der Waals surface area contributed by atoms with Gasteiger partial charge in [0.2, 0.25) is 0 Å². The van der Waals surface area contributed by atoms with E-state index in [1.807, 2.05) is 50.7 Å². The number of hydrogen-bond donors (Lipinski definition) is 3. The summed E-state index contributed by atoms with van der Waals surface area (Å²) in [5.74, 6) is 2.04. The molecule has 0 bridgehead atoms. The lowest BCUT2D eigenvalue weighted by Crippen LogP contribution is -2.33. The third kappa shape index (κ3) is 8.49. The number of likely N-dealkylation sites (N-methyl/N-ethyl adjacent to an activating group) is 2. The fraction of sp³-hybridized carbons (Fsp3) is 0.469. The number of aryl methyl sites for hydroxylation is 1. The summed E-state index contributed by atoms with van der Waals surface area (Å²) in [6.45, 7) is 21.0. The van der Waals surface area contributed by atoms with Crippen LogP contribution in [0.5, 0.6) is 5.75 Å². The van der Waals surface area contributed by atoms with Gasteiger partial charge in [0.1, 0.15) is 11.6 Å². The van der Waals surface area contributed by atoms with Crippen LogP contribution in [0.3, 0.4) is 0 Å². The van der Waals surface area contributed by atoms with E-state index in [9.17, 15) is 0 Å². The molecular weight excluding hydrogens is 515 g/mol. The molecule has 1 fully saturated rings. The first kappa shape index (κ1) is 31.5. The molecule has 0 unspecified atom stereocenters. The van der Waals surface area contributed by atoms with E-state index >= 15 is 0 Å². The van der Waals surface area contributed by atoms with Crippen molar-refractivity contribution in [3.05, 3.63) is 66.0 Å². The van der Waals surface area contributed by atoms with Gasteiger partial charge in [0.15, 0.2) is 0 Å². The summed E-state index contributed by atoms with van der Waals surface area (Å²) >= 11 is 0. The van der Waals surface area contributed by atoms with E-state index in [0.29, 0.717) is 5.92 Å². The Morgan fingerprint density at radius 2 is 1.80 bits per heavy atom. The maximum atomic E-state index is 8.63. The van der Waals surface area contributed by atoms with E-state index in [4.69, 9.17) is 14.9 Å². The van der Waals surface area contributed by atoms with Gasteiger partial charge in [-0.2, -0.15) is 0 Å². The van der Waals surface area contributed by atoms with Gasteiger partial charge in [-0.1, -0.05) is 38.6 Å². The summed E-state index contributed by atoms with van der Waals surface area (Å²) in [6.07, 6.45) is 4.22. The number of rotatable bonds is 14. The maximum Gasteiger partial charge on any atom is 0.144 e. The second-order valence-corrected chi connectivity index (χ2v) is 14.4. The molecule has 1 saturated carbocycles. The SMILES string of the molecule is C=C(Nc1ccccc1P(C)(C)=N)/C(=C\N=C(/C)Nc1cc(C)c(N(C)CCN(CC)CC)cc1OC)C1CC1. The largest absolute Gasteiger partial charge is 0.494 e. The molecule has 0 atom stereocenters. The molecule has 0 aliphatic heterocycles. The van der Waals surface area contributed by atoms with Crippen LogP contribution in [0.25, 0.3) is 0 Å². The molecule has 0 aromatic heterocycles. The number of hydrogen-bond acceptors (Lipinski definition) is 6. The molecule has 1 aliphatic carbocycles. The highest BCUT2D eigenvalue weighted by atomic mass is 31.2. The maximum absolute atomic E-state index is 8.63. The number of benzene rings is 2. The molecule has 2 aromatic rings. The topological polar surface area (TPSA) is 76.0 Å². The van der Waals surface area contributed by atoms with Gasteiger partial charge >= 0.3 is 0 Å². The number of aliphatic imine (C=N–C) groups is 1. The Labute approximate surface area is 242 Å². The summed E-state index contributed by atoms with van der Waals surface area (Å²) < 4.78 is 5.77. The number of anilines is 3. The molecule has 2 aromatic carbocycles.